The number of alkyl halides is 3. The van der Waals surface area contributed by atoms with E-state index in [1.54, 1.807) is 60.7 Å². The van der Waals surface area contributed by atoms with Crippen LogP contribution in [0.25, 0.3) is 11.5 Å². The molecular weight excluding hydrogens is 639 g/mol. The van der Waals surface area contributed by atoms with Crippen molar-refractivity contribution >= 4 is 29.5 Å². The molecule has 3 atom stereocenters. The number of primary amides is 1. The van der Waals surface area contributed by atoms with E-state index >= 15 is 0 Å². The third-order valence-corrected chi connectivity index (χ3v) is 6.17. The van der Waals surface area contributed by atoms with E-state index in [1.807, 2.05) is 5.32 Å². The summed E-state index contributed by atoms with van der Waals surface area (Å²) in [6, 6.07) is 13.9. The van der Waals surface area contributed by atoms with Gasteiger partial charge in [0.1, 0.15) is 6.04 Å². The molecule has 5 amide bonds. The van der Waals surface area contributed by atoms with E-state index in [9.17, 15) is 42.3 Å². The molecule has 0 aliphatic heterocycles. The van der Waals surface area contributed by atoms with Gasteiger partial charge in [0.15, 0.2) is 6.10 Å². The number of aliphatic hydroxyl groups is 1. The van der Waals surface area contributed by atoms with Crippen LogP contribution < -0.4 is 27.0 Å². The third-order valence-electron chi connectivity index (χ3n) is 6.17. The largest absolute Gasteiger partial charge is 0.416 e. The van der Waals surface area contributed by atoms with Gasteiger partial charge < -0.3 is 36.5 Å². The predicted octanol–water partition coefficient (Wildman–Crippen LogP) is 1.40. The highest BCUT2D eigenvalue weighted by molar-refractivity contribution is 5.95. The maximum Gasteiger partial charge on any atom is 0.416 e. The Labute approximate surface area is 274 Å². The number of nitrogens with two attached hydrogens (primary N) is 1. The van der Waals surface area contributed by atoms with Gasteiger partial charge in [0.2, 0.25) is 29.5 Å². The molecule has 17 heteroatoms. The van der Waals surface area contributed by atoms with Crippen LogP contribution in [0.1, 0.15) is 49.4 Å². The van der Waals surface area contributed by atoms with Gasteiger partial charge in [0, 0.05) is 18.4 Å². The number of rotatable bonds is 15. The van der Waals surface area contributed by atoms with Gasteiger partial charge in [-0.2, -0.15) is 13.2 Å². The van der Waals surface area contributed by atoms with E-state index < -0.39 is 85.7 Å². The number of benzene rings is 2. The van der Waals surface area contributed by atoms with E-state index in [-0.39, 0.29) is 12.3 Å². The van der Waals surface area contributed by atoms with Gasteiger partial charge in [-0.3, -0.25) is 24.0 Å². The SMILES string of the molecule is CCC.NC(=O)CCC(NC(=O)CNC(=O)[C@H](Cc1ccccc1)NC(=O)CNC(=O)c1nnc(-c2ccccc2)o1)C(O)C(F)(F)F. The minimum atomic E-state index is -5.10. The maximum absolute atomic E-state index is 13.0. The lowest BCUT2D eigenvalue weighted by Gasteiger charge is -2.26. The minimum Gasteiger partial charge on any atom is -0.412 e. The molecule has 14 nitrogen and oxygen atoms in total. The molecule has 0 radical (unpaired) electrons. The summed E-state index contributed by atoms with van der Waals surface area (Å²) in [7, 11) is 0. The van der Waals surface area contributed by atoms with E-state index in [0.29, 0.717) is 11.1 Å². The normalized spacial score (nSPS) is 12.7. The molecular formula is C31H38F3N7O7. The van der Waals surface area contributed by atoms with Gasteiger partial charge in [-0.15, -0.1) is 10.2 Å². The van der Waals surface area contributed by atoms with Crippen LogP contribution in [-0.4, -0.2) is 82.3 Å². The number of hydrogen-bond acceptors (Lipinski definition) is 9. The number of hydrogen-bond donors (Lipinski definition) is 6. The molecule has 3 rings (SSSR count). The lowest BCUT2D eigenvalue weighted by Crippen LogP contribution is -2.54. The van der Waals surface area contributed by atoms with Crippen molar-refractivity contribution in [3.8, 4) is 11.5 Å². The van der Waals surface area contributed by atoms with Crippen LogP contribution in [0.3, 0.4) is 0 Å². The summed E-state index contributed by atoms with van der Waals surface area (Å²) in [4.78, 5) is 61.5. The second kappa shape index (κ2) is 19.4. The number of amides is 5. The first-order chi connectivity index (χ1) is 22.7. The zero-order valence-electron chi connectivity index (χ0n) is 26.3. The molecule has 260 valence electrons. The van der Waals surface area contributed by atoms with Crippen molar-refractivity contribution in [2.24, 2.45) is 5.73 Å². The van der Waals surface area contributed by atoms with Crippen molar-refractivity contribution in [3.05, 3.63) is 72.1 Å². The molecule has 0 aliphatic carbocycles. The topological polar surface area (TPSA) is 219 Å². The zero-order valence-corrected chi connectivity index (χ0v) is 26.3. The fourth-order valence-corrected chi connectivity index (χ4v) is 3.94. The average molecular weight is 678 g/mol. The highest BCUT2D eigenvalue weighted by atomic mass is 19.4. The smallest absolute Gasteiger partial charge is 0.412 e. The van der Waals surface area contributed by atoms with Crippen LogP contribution in [0.4, 0.5) is 13.2 Å². The molecule has 3 aromatic rings. The van der Waals surface area contributed by atoms with Crippen LogP contribution >= 0.6 is 0 Å². The summed E-state index contributed by atoms with van der Waals surface area (Å²) in [6.45, 7) is 2.83. The maximum atomic E-state index is 13.0. The Kier molecular flexibility index (Phi) is 15.7. The molecule has 2 aromatic carbocycles. The van der Waals surface area contributed by atoms with Gasteiger partial charge in [-0.05, 0) is 24.1 Å². The van der Waals surface area contributed by atoms with E-state index in [0.717, 1.165) is 0 Å². The highest BCUT2D eigenvalue weighted by Crippen LogP contribution is 2.24. The van der Waals surface area contributed by atoms with E-state index in [2.05, 4.69) is 40.0 Å². The van der Waals surface area contributed by atoms with Crippen molar-refractivity contribution < 1.29 is 46.7 Å². The van der Waals surface area contributed by atoms with Gasteiger partial charge in [0.05, 0.1) is 19.1 Å². The minimum absolute atomic E-state index is 0.0495. The van der Waals surface area contributed by atoms with Crippen molar-refractivity contribution in [3.63, 3.8) is 0 Å². The molecule has 0 aliphatic rings. The van der Waals surface area contributed by atoms with Crippen LogP contribution in [0, 0.1) is 0 Å². The second-order valence-electron chi connectivity index (χ2n) is 10.4. The van der Waals surface area contributed by atoms with Crippen LogP contribution in [0.2, 0.25) is 0 Å². The number of nitrogens with one attached hydrogen (secondary N) is 4. The summed E-state index contributed by atoms with van der Waals surface area (Å²) < 4.78 is 44.4. The Balaban J connectivity index is 0.00000257. The Morgan fingerprint density at radius 3 is 2.02 bits per heavy atom. The van der Waals surface area contributed by atoms with Crippen LogP contribution in [0.15, 0.2) is 65.1 Å². The average Bonchev–Trinajstić information content (AvgIpc) is 3.55. The lowest BCUT2D eigenvalue weighted by atomic mass is 10.0. The fraction of sp³-hybridized carbons (Fsp3) is 0.387. The monoisotopic (exact) mass is 677 g/mol. The summed E-state index contributed by atoms with van der Waals surface area (Å²) in [5.41, 5.74) is 6.15. The molecule has 7 N–H and O–H groups in total. The van der Waals surface area contributed by atoms with Crippen molar-refractivity contribution in [2.45, 2.75) is 63.9 Å². The first kappa shape index (κ1) is 38.9. The third kappa shape index (κ3) is 13.6. The number of halogens is 3. The molecule has 0 fully saturated rings. The summed E-state index contributed by atoms with van der Waals surface area (Å²) in [5, 5.41) is 25.9. The quantitative estimate of drug-likeness (QED) is 0.137. The lowest BCUT2D eigenvalue weighted by molar-refractivity contribution is -0.212. The van der Waals surface area contributed by atoms with Crippen molar-refractivity contribution in [1.29, 1.82) is 0 Å². The predicted molar refractivity (Wildman–Crippen MR) is 166 cm³/mol. The molecule has 0 spiro atoms. The Morgan fingerprint density at radius 1 is 0.875 bits per heavy atom. The highest BCUT2D eigenvalue weighted by Gasteiger charge is 2.44. The molecule has 48 heavy (non-hydrogen) atoms. The number of carbonyl (C=O) groups excluding carboxylic acids is 5. The van der Waals surface area contributed by atoms with Crippen molar-refractivity contribution in [1.82, 2.24) is 31.5 Å². The van der Waals surface area contributed by atoms with Crippen molar-refractivity contribution in [2.75, 3.05) is 13.1 Å². The van der Waals surface area contributed by atoms with E-state index in [4.69, 9.17) is 10.2 Å². The molecule has 2 unspecified atom stereocenters. The first-order valence-electron chi connectivity index (χ1n) is 14.9. The zero-order chi connectivity index (χ0) is 35.7. The van der Waals surface area contributed by atoms with Gasteiger partial charge in [0.25, 0.3) is 0 Å². The molecule has 0 bridgehead atoms. The molecule has 1 heterocycles. The number of nitrogens with zero attached hydrogens (tertiary/aromatic N) is 2. The van der Waals surface area contributed by atoms with E-state index in [1.165, 1.54) is 6.42 Å². The fourth-order valence-electron chi connectivity index (χ4n) is 3.94. The van der Waals surface area contributed by atoms with Crippen LogP contribution in [0.5, 0.6) is 0 Å². The number of carbonyl (C=O) groups is 5. The van der Waals surface area contributed by atoms with Crippen LogP contribution in [-0.2, 0) is 25.6 Å². The molecule has 0 saturated carbocycles. The summed E-state index contributed by atoms with van der Waals surface area (Å²) >= 11 is 0. The standard InChI is InChI=1S/C28H30F3N7O7.C3H8/c29-28(30,31)23(42)18(11-12-20(32)39)35-21(40)14-33-24(43)19(13-16-7-3-1-4-8-16)36-22(41)15-34-25(44)27-38-37-26(45-27)17-9-5-2-6-10-17;1-3-2/h1-10,18-19,23,42H,11-15H2,(H2,32,39)(H,33,43)(H,34,44)(H,35,40)(H,36,41);3H2,1-2H3/t18?,19-,23?;/m0./s1. The molecule has 0 saturated heterocycles. The Hall–Kier alpha value is -5.32. The molecule has 1 aromatic heterocycles. The van der Waals surface area contributed by atoms with Gasteiger partial charge in [-0.25, -0.2) is 0 Å². The first-order valence-corrected chi connectivity index (χ1v) is 14.9. The summed E-state index contributed by atoms with van der Waals surface area (Å²) in [6.07, 6.45) is -8.05. The Bertz CT molecular complexity index is 1490. The van der Waals surface area contributed by atoms with Gasteiger partial charge >= 0.3 is 18.0 Å². The second-order valence-corrected chi connectivity index (χ2v) is 10.4. The summed E-state index contributed by atoms with van der Waals surface area (Å²) in [5.74, 6) is -4.90. The number of aromatic nitrogens is 2. The van der Waals surface area contributed by atoms with Gasteiger partial charge in [-0.1, -0.05) is 68.8 Å². The number of aliphatic hydroxyl groups excluding tert-OH is 1. The Morgan fingerprint density at radius 2 is 1.44 bits per heavy atom.